The van der Waals surface area contributed by atoms with Crippen molar-refractivity contribution in [2.24, 2.45) is 11.8 Å². The Balaban J connectivity index is 1.78. The Morgan fingerprint density at radius 1 is 1.21 bits per heavy atom. The summed E-state index contributed by atoms with van der Waals surface area (Å²) in [5.74, 6) is 0.226. The van der Waals surface area contributed by atoms with E-state index in [1.807, 2.05) is 29.7 Å². The van der Waals surface area contributed by atoms with Gasteiger partial charge in [0, 0.05) is 52.0 Å². The van der Waals surface area contributed by atoms with E-state index in [9.17, 15) is 14.0 Å². The topological polar surface area (TPSA) is 43.9 Å². The van der Waals surface area contributed by atoms with Crippen LogP contribution in [0.25, 0.3) is 0 Å². The first-order valence-electron chi connectivity index (χ1n) is 9.92. The van der Waals surface area contributed by atoms with Crippen LogP contribution in [0.2, 0.25) is 0 Å². The van der Waals surface area contributed by atoms with Crippen molar-refractivity contribution in [2.75, 3.05) is 33.7 Å². The van der Waals surface area contributed by atoms with E-state index < -0.39 is 0 Å². The molecule has 152 valence electrons. The number of urea groups is 1. The van der Waals surface area contributed by atoms with Crippen molar-refractivity contribution in [3.8, 4) is 0 Å². The Morgan fingerprint density at radius 2 is 1.96 bits per heavy atom. The van der Waals surface area contributed by atoms with E-state index in [0.29, 0.717) is 26.1 Å². The SMILES string of the molecule is CC(C)=CCCC(=O)N1C[C@@H]2CN(C(=O)N(C)C)[C@H](c3cccc(F)c3)[C@@H]2C1. The summed E-state index contributed by atoms with van der Waals surface area (Å²) in [6.07, 6.45) is 3.35. The number of amides is 3. The van der Waals surface area contributed by atoms with E-state index in [2.05, 4.69) is 6.08 Å². The second-order valence-electron chi connectivity index (χ2n) is 8.37. The molecule has 0 aromatic heterocycles. The van der Waals surface area contributed by atoms with Crippen molar-refractivity contribution in [3.63, 3.8) is 0 Å². The van der Waals surface area contributed by atoms with E-state index in [-0.39, 0.29) is 35.6 Å². The third-order valence-corrected chi connectivity index (χ3v) is 5.75. The van der Waals surface area contributed by atoms with Gasteiger partial charge in [-0.1, -0.05) is 23.8 Å². The number of allylic oxidation sites excluding steroid dienone is 2. The summed E-state index contributed by atoms with van der Waals surface area (Å²) < 4.78 is 13.9. The second kappa shape index (κ2) is 8.33. The lowest BCUT2D eigenvalue weighted by atomic mass is 9.89. The van der Waals surface area contributed by atoms with Crippen LogP contribution in [-0.2, 0) is 4.79 Å². The van der Waals surface area contributed by atoms with Gasteiger partial charge in [0.15, 0.2) is 0 Å². The third-order valence-electron chi connectivity index (χ3n) is 5.75. The van der Waals surface area contributed by atoms with Crippen molar-refractivity contribution in [2.45, 2.75) is 32.7 Å². The minimum atomic E-state index is -0.300. The predicted molar refractivity (Wildman–Crippen MR) is 107 cm³/mol. The first kappa shape index (κ1) is 20.4. The molecule has 3 atom stereocenters. The van der Waals surface area contributed by atoms with E-state index in [1.54, 1.807) is 25.1 Å². The molecular weight excluding hydrogens is 357 g/mol. The van der Waals surface area contributed by atoms with Gasteiger partial charge in [-0.25, -0.2) is 9.18 Å². The minimum absolute atomic E-state index is 0.0647. The average molecular weight is 387 g/mol. The molecule has 0 saturated carbocycles. The zero-order valence-corrected chi connectivity index (χ0v) is 17.2. The molecule has 3 rings (SSSR count). The fourth-order valence-corrected chi connectivity index (χ4v) is 4.46. The predicted octanol–water partition coefficient (Wildman–Crippen LogP) is 3.69. The fraction of sp³-hybridized carbons (Fsp3) is 0.545. The molecule has 1 aromatic carbocycles. The molecule has 2 aliphatic heterocycles. The number of carbonyl (C=O) groups is 2. The first-order chi connectivity index (χ1) is 13.3. The van der Waals surface area contributed by atoms with Gasteiger partial charge in [0.1, 0.15) is 5.82 Å². The molecule has 0 radical (unpaired) electrons. The summed E-state index contributed by atoms with van der Waals surface area (Å²) in [6.45, 7) is 5.95. The molecule has 2 aliphatic rings. The van der Waals surface area contributed by atoms with Gasteiger partial charge < -0.3 is 14.7 Å². The summed E-state index contributed by atoms with van der Waals surface area (Å²) in [5, 5.41) is 0. The Labute approximate surface area is 166 Å². The summed E-state index contributed by atoms with van der Waals surface area (Å²) in [4.78, 5) is 30.7. The minimum Gasteiger partial charge on any atom is -0.342 e. The number of benzene rings is 1. The molecule has 2 heterocycles. The maximum absolute atomic E-state index is 13.9. The number of nitrogens with zero attached hydrogens (tertiary/aromatic N) is 3. The molecule has 2 fully saturated rings. The van der Waals surface area contributed by atoms with Crippen molar-refractivity contribution in [3.05, 3.63) is 47.3 Å². The van der Waals surface area contributed by atoms with Crippen molar-refractivity contribution < 1.29 is 14.0 Å². The maximum atomic E-state index is 13.9. The van der Waals surface area contributed by atoms with E-state index in [1.165, 1.54) is 17.7 Å². The Morgan fingerprint density at radius 3 is 2.61 bits per heavy atom. The molecular formula is C22H30FN3O2. The van der Waals surface area contributed by atoms with Gasteiger partial charge in [0.25, 0.3) is 0 Å². The number of likely N-dealkylation sites (tertiary alicyclic amines) is 2. The number of halogens is 1. The van der Waals surface area contributed by atoms with Crippen LogP contribution >= 0.6 is 0 Å². The van der Waals surface area contributed by atoms with E-state index in [0.717, 1.165) is 12.0 Å². The van der Waals surface area contributed by atoms with Gasteiger partial charge in [-0.15, -0.1) is 0 Å². The van der Waals surface area contributed by atoms with Gasteiger partial charge in [-0.05, 0) is 38.0 Å². The van der Waals surface area contributed by atoms with Gasteiger partial charge in [0.2, 0.25) is 5.91 Å². The summed E-state index contributed by atoms with van der Waals surface area (Å²) >= 11 is 0. The number of carbonyl (C=O) groups excluding carboxylic acids is 2. The average Bonchev–Trinajstić information content (AvgIpc) is 3.18. The number of fused-ring (bicyclic) bond motifs is 1. The summed E-state index contributed by atoms with van der Waals surface area (Å²) in [7, 11) is 3.47. The van der Waals surface area contributed by atoms with Gasteiger partial charge in [-0.3, -0.25) is 4.79 Å². The molecule has 2 saturated heterocycles. The van der Waals surface area contributed by atoms with Crippen LogP contribution in [0.1, 0.15) is 38.3 Å². The smallest absolute Gasteiger partial charge is 0.320 e. The maximum Gasteiger partial charge on any atom is 0.320 e. The molecule has 6 heteroatoms. The molecule has 0 unspecified atom stereocenters. The van der Waals surface area contributed by atoms with Crippen LogP contribution in [0.5, 0.6) is 0 Å². The molecule has 1 aromatic rings. The van der Waals surface area contributed by atoms with Crippen molar-refractivity contribution in [1.29, 1.82) is 0 Å². The molecule has 0 N–H and O–H groups in total. The lowest BCUT2D eigenvalue weighted by Gasteiger charge is -2.32. The molecule has 0 aliphatic carbocycles. The number of hydrogen-bond donors (Lipinski definition) is 0. The van der Waals surface area contributed by atoms with Crippen LogP contribution < -0.4 is 0 Å². The Bertz CT molecular complexity index is 773. The quantitative estimate of drug-likeness (QED) is 0.740. The van der Waals surface area contributed by atoms with Gasteiger partial charge in [-0.2, -0.15) is 0 Å². The van der Waals surface area contributed by atoms with Gasteiger partial charge >= 0.3 is 6.03 Å². The largest absolute Gasteiger partial charge is 0.342 e. The third kappa shape index (κ3) is 4.21. The zero-order valence-electron chi connectivity index (χ0n) is 17.2. The molecule has 5 nitrogen and oxygen atoms in total. The van der Waals surface area contributed by atoms with Crippen LogP contribution in [0.4, 0.5) is 9.18 Å². The first-order valence-corrected chi connectivity index (χ1v) is 9.92. The second-order valence-corrected chi connectivity index (χ2v) is 8.37. The Hall–Kier alpha value is -2.37. The number of rotatable bonds is 4. The molecule has 28 heavy (non-hydrogen) atoms. The number of hydrogen-bond acceptors (Lipinski definition) is 2. The zero-order chi connectivity index (χ0) is 20.4. The van der Waals surface area contributed by atoms with E-state index in [4.69, 9.17) is 0 Å². The van der Waals surface area contributed by atoms with Crippen LogP contribution in [0.15, 0.2) is 35.9 Å². The van der Waals surface area contributed by atoms with Crippen molar-refractivity contribution in [1.82, 2.24) is 14.7 Å². The fourth-order valence-electron chi connectivity index (χ4n) is 4.46. The monoisotopic (exact) mass is 387 g/mol. The van der Waals surface area contributed by atoms with Crippen LogP contribution in [0, 0.1) is 17.7 Å². The normalized spacial score (nSPS) is 23.5. The van der Waals surface area contributed by atoms with E-state index >= 15 is 0 Å². The summed E-state index contributed by atoms with van der Waals surface area (Å²) in [6, 6.07) is 6.24. The highest BCUT2D eigenvalue weighted by molar-refractivity contribution is 5.77. The van der Waals surface area contributed by atoms with Gasteiger partial charge in [0.05, 0.1) is 6.04 Å². The lowest BCUT2D eigenvalue weighted by Crippen LogP contribution is -2.42. The lowest BCUT2D eigenvalue weighted by molar-refractivity contribution is -0.130. The van der Waals surface area contributed by atoms with Crippen LogP contribution in [-0.4, -0.2) is 60.4 Å². The Kier molecular flexibility index (Phi) is 6.06. The molecule has 0 bridgehead atoms. The highest BCUT2D eigenvalue weighted by atomic mass is 19.1. The molecule has 3 amide bonds. The molecule has 0 spiro atoms. The van der Waals surface area contributed by atoms with Crippen LogP contribution in [0.3, 0.4) is 0 Å². The summed E-state index contributed by atoms with van der Waals surface area (Å²) in [5.41, 5.74) is 2.02. The highest BCUT2D eigenvalue weighted by Gasteiger charge is 2.50. The van der Waals surface area contributed by atoms with Crippen molar-refractivity contribution >= 4 is 11.9 Å². The standard InChI is InChI=1S/C22H30FN3O2/c1-15(2)7-5-10-20(27)25-12-17-13-26(22(28)24(3)4)21(19(17)14-25)16-8-6-9-18(23)11-16/h6-9,11,17,19,21H,5,10,12-14H2,1-4H3/t17-,19-,21-/m1/s1. The highest BCUT2D eigenvalue weighted by Crippen LogP contribution is 2.45.